The van der Waals surface area contributed by atoms with E-state index >= 15 is 0 Å². The molecule has 1 saturated carbocycles. The molecule has 0 aliphatic heterocycles. The molecule has 2 heterocycles. The fourth-order valence-corrected chi connectivity index (χ4v) is 5.64. The second kappa shape index (κ2) is 6.91. The summed E-state index contributed by atoms with van der Waals surface area (Å²) in [5, 5.41) is 20.4. The van der Waals surface area contributed by atoms with Crippen molar-refractivity contribution in [1.29, 1.82) is 0 Å². The van der Waals surface area contributed by atoms with Crippen molar-refractivity contribution in [3.8, 4) is 0 Å². The molecule has 1 fully saturated rings. The van der Waals surface area contributed by atoms with Gasteiger partial charge in [-0.25, -0.2) is 14.1 Å². The lowest BCUT2D eigenvalue weighted by Crippen LogP contribution is -2.18. The molecular weight excluding hydrogens is 396 g/mol. The number of hydrogen-bond donors (Lipinski definition) is 3. The van der Waals surface area contributed by atoms with Gasteiger partial charge in [0.25, 0.3) is 0 Å². The topological polar surface area (TPSA) is 118 Å². The van der Waals surface area contributed by atoms with Gasteiger partial charge in [0.2, 0.25) is 0 Å². The summed E-state index contributed by atoms with van der Waals surface area (Å²) in [7, 11) is -3.39. The fourth-order valence-electron chi connectivity index (χ4n) is 3.36. The normalized spacial score (nSPS) is 18.4. The molecule has 4 rings (SSSR count). The number of rotatable bonds is 4. The van der Waals surface area contributed by atoms with Gasteiger partial charge in [-0.15, -0.1) is 15.7 Å². The zero-order chi connectivity index (χ0) is 20.1. The zero-order valence-electron chi connectivity index (χ0n) is 15.9. The Morgan fingerprint density at radius 2 is 2.14 bits per heavy atom. The van der Waals surface area contributed by atoms with E-state index in [1.54, 1.807) is 25.3 Å². The Bertz CT molecular complexity index is 1060. The summed E-state index contributed by atoms with van der Waals surface area (Å²) in [5.74, 6) is 0.476. The van der Waals surface area contributed by atoms with Gasteiger partial charge >= 0.3 is 6.03 Å². The standard InChI is InChI=1S/C19H24N4O3S2/c1-19(2,25)12-8-17(27-10-12)28(20,26)23-18(24)22-16-9-15(11-6-7-11)21-14-5-3-4-13(14)16/h8-11,25H,3-7H2,1-2H3,(H3,20,21,22,23,24,26). The molecule has 0 bridgehead atoms. The highest BCUT2D eigenvalue weighted by Crippen LogP contribution is 2.41. The van der Waals surface area contributed by atoms with E-state index in [0.29, 0.717) is 17.2 Å². The zero-order valence-corrected chi connectivity index (χ0v) is 17.5. The summed E-state index contributed by atoms with van der Waals surface area (Å²) in [5.41, 5.74) is 3.30. The average molecular weight is 421 g/mol. The van der Waals surface area contributed by atoms with Crippen LogP contribution in [0.3, 0.4) is 0 Å². The van der Waals surface area contributed by atoms with Gasteiger partial charge in [-0.3, -0.25) is 4.98 Å². The molecule has 2 aromatic heterocycles. The first-order chi connectivity index (χ1) is 13.1. The lowest BCUT2D eigenvalue weighted by Gasteiger charge is -2.14. The van der Waals surface area contributed by atoms with Crippen molar-refractivity contribution < 1.29 is 14.1 Å². The molecule has 0 radical (unpaired) electrons. The molecule has 0 spiro atoms. The first kappa shape index (κ1) is 19.5. The van der Waals surface area contributed by atoms with Crippen LogP contribution in [0.25, 0.3) is 0 Å². The summed E-state index contributed by atoms with van der Waals surface area (Å²) in [4.78, 5) is 17.2. The predicted octanol–water partition coefficient (Wildman–Crippen LogP) is 3.67. The molecule has 2 amide bonds. The Hall–Kier alpha value is -1.81. The largest absolute Gasteiger partial charge is 0.386 e. The Kier molecular flexibility index (Phi) is 4.81. The first-order valence-electron chi connectivity index (χ1n) is 9.33. The van der Waals surface area contributed by atoms with Gasteiger partial charge in [-0.2, -0.15) is 0 Å². The van der Waals surface area contributed by atoms with E-state index < -0.39 is 21.5 Å². The fraction of sp³-hybridized carbons (Fsp3) is 0.474. The molecule has 4 N–H and O–H groups in total. The molecule has 150 valence electrons. The van der Waals surface area contributed by atoms with Crippen molar-refractivity contribution in [1.82, 2.24) is 4.98 Å². The van der Waals surface area contributed by atoms with Crippen LogP contribution >= 0.6 is 11.3 Å². The van der Waals surface area contributed by atoms with Crippen LogP contribution < -0.4 is 10.5 Å². The van der Waals surface area contributed by atoms with Crippen LogP contribution in [-0.4, -0.2) is 20.3 Å². The van der Waals surface area contributed by atoms with Crippen LogP contribution in [0.2, 0.25) is 0 Å². The summed E-state index contributed by atoms with van der Waals surface area (Å²) in [6.07, 6.45) is 5.04. The van der Waals surface area contributed by atoms with Crippen LogP contribution in [0.1, 0.15) is 61.5 Å². The maximum Gasteiger partial charge on any atom is 0.354 e. The molecule has 0 saturated heterocycles. The van der Waals surface area contributed by atoms with E-state index in [1.807, 2.05) is 6.07 Å². The molecule has 2 aliphatic carbocycles. The van der Waals surface area contributed by atoms with Crippen LogP contribution in [0.5, 0.6) is 0 Å². The highest BCUT2D eigenvalue weighted by Gasteiger charge is 2.28. The number of fused-ring (bicyclic) bond motifs is 1. The number of amides is 2. The highest BCUT2D eigenvalue weighted by atomic mass is 32.2. The van der Waals surface area contributed by atoms with E-state index in [0.717, 1.165) is 60.4 Å². The second-order valence-electron chi connectivity index (χ2n) is 7.95. The Balaban J connectivity index is 1.60. The molecule has 2 aliphatic rings. The van der Waals surface area contributed by atoms with Gasteiger partial charge in [-0.05, 0) is 74.6 Å². The molecule has 1 atom stereocenters. The lowest BCUT2D eigenvalue weighted by atomic mass is 10.0. The third-order valence-electron chi connectivity index (χ3n) is 5.10. The maximum absolute atomic E-state index is 12.8. The van der Waals surface area contributed by atoms with Gasteiger partial charge in [0.05, 0.1) is 5.60 Å². The monoisotopic (exact) mass is 420 g/mol. The first-order valence-corrected chi connectivity index (χ1v) is 11.8. The maximum atomic E-state index is 12.8. The Morgan fingerprint density at radius 3 is 2.79 bits per heavy atom. The minimum atomic E-state index is -3.39. The minimum absolute atomic E-state index is 0.262. The van der Waals surface area contributed by atoms with Gasteiger partial charge in [0, 0.05) is 23.0 Å². The van der Waals surface area contributed by atoms with Gasteiger partial charge in [-0.1, -0.05) is 0 Å². The SMILES string of the molecule is CC(C)(O)c1csc(S(N)(=O)=NC(=O)Nc2cc(C3CC3)nc3c2CCC3)c1. The van der Waals surface area contributed by atoms with E-state index in [1.165, 1.54) is 0 Å². The highest BCUT2D eigenvalue weighted by molar-refractivity contribution is 7.93. The number of aliphatic hydroxyl groups is 1. The number of thiophene rings is 1. The number of carbonyl (C=O) groups excluding carboxylic acids is 1. The number of urea groups is 1. The van der Waals surface area contributed by atoms with Crippen LogP contribution in [0.4, 0.5) is 10.5 Å². The predicted molar refractivity (Wildman–Crippen MR) is 110 cm³/mol. The Morgan fingerprint density at radius 1 is 1.39 bits per heavy atom. The average Bonchev–Trinajstić information content (AvgIpc) is 3.10. The van der Waals surface area contributed by atoms with Crippen LogP contribution in [0, 0.1) is 0 Å². The number of pyridine rings is 1. The molecule has 0 aromatic carbocycles. The number of nitrogens with two attached hydrogens (primary N) is 1. The molecule has 7 nitrogen and oxygen atoms in total. The summed E-state index contributed by atoms with van der Waals surface area (Å²) >= 11 is 1.12. The van der Waals surface area contributed by atoms with E-state index in [4.69, 9.17) is 10.1 Å². The summed E-state index contributed by atoms with van der Waals surface area (Å²) in [6, 6.07) is 2.73. The number of hydrogen-bond acceptors (Lipinski definition) is 5. The molecule has 9 heteroatoms. The number of aryl methyl sites for hydroxylation is 1. The third-order valence-corrected chi connectivity index (χ3v) is 7.95. The van der Waals surface area contributed by atoms with Crippen molar-refractivity contribution in [3.05, 3.63) is 40.0 Å². The van der Waals surface area contributed by atoms with Crippen LogP contribution in [-0.2, 0) is 28.4 Å². The van der Waals surface area contributed by atoms with Gasteiger partial charge < -0.3 is 10.4 Å². The van der Waals surface area contributed by atoms with E-state index in [9.17, 15) is 14.1 Å². The number of nitrogens with zero attached hydrogens (tertiary/aromatic N) is 2. The molecule has 2 aromatic rings. The van der Waals surface area contributed by atoms with Gasteiger partial charge in [0.15, 0.2) is 9.92 Å². The summed E-state index contributed by atoms with van der Waals surface area (Å²) in [6.45, 7) is 3.25. The number of carbonyl (C=O) groups is 1. The van der Waals surface area contributed by atoms with Crippen molar-refractivity contribution in [2.24, 2.45) is 9.50 Å². The van der Waals surface area contributed by atoms with E-state index in [-0.39, 0.29) is 4.21 Å². The number of anilines is 1. The molecular formula is C19H24N4O3S2. The quantitative estimate of drug-likeness (QED) is 0.699. The van der Waals surface area contributed by atoms with Crippen molar-refractivity contribution >= 4 is 33.0 Å². The second-order valence-corrected chi connectivity index (χ2v) is 10.9. The van der Waals surface area contributed by atoms with Crippen molar-refractivity contribution in [3.63, 3.8) is 0 Å². The lowest BCUT2D eigenvalue weighted by molar-refractivity contribution is 0.0789. The molecule has 1 unspecified atom stereocenters. The smallest absolute Gasteiger partial charge is 0.354 e. The summed E-state index contributed by atoms with van der Waals surface area (Å²) < 4.78 is 16.8. The van der Waals surface area contributed by atoms with E-state index in [2.05, 4.69) is 9.68 Å². The van der Waals surface area contributed by atoms with Gasteiger partial charge in [0.1, 0.15) is 4.21 Å². The Labute approximate surface area is 168 Å². The minimum Gasteiger partial charge on any atom is -0.386 e. The molecule has 28 heavy (non-hydrogen) atoms. The number of nitrogens with one attached hydrogen (secondary N) is 1. The third kappa shape index (κ3) is 3.98. The van der Waals surface area contributed by atoms with Crippen molar-refractivity contribution in [2.75, 3.05) is 5.32 Å². The van der Waals surface area contributed by atoms with Crippen molar-refractivity contribution in [2.45, 2.75) is 61.7 Å². The van der Waals surface area contributed by atoms with Crippen LogP contribution in [0.15, 0.2) is 26.1 Å². The number of aromatic nitrogens is 1.